The highest BCUT2D eigenvalue weighted by atomic mass is 16.5. The van der Waals surface area contributed by atoms with Crippen LogP contribution in [-0.4, -0.2) is 19.7 Å². The highest BCUT2D eigenvalue weighted by Crippen LogP contribution is 2.34. The first kappa shape index (κ1) is 14.9. The van der Waals surface area contributed by atoms with Crippen molar-refractivity contribution >= 4 is 5.97 Å². The van der Waals surface area contributed by atoms with Crippen molar-refractivity contribution in [2.45, 2.75) is 19.4 Å². The van der Waals surface area contributed by atoms with Crippen molar-refractivity contribution in [3.05, 3.63) is 41.7 Å². The normalized spacial score (nSPS) is 20.7. The summed E-state index contributed by atoms with van der Waals surface area (Å²) in [7, 11) is 1.60. The zero-order valence-electron chi connectivity index (χ0n) is 12.0. The maximum atomic E-state index is 11.9. The number of esters is 1. The van der Waals surface area contributed by atoms with Gasteiger partial charge in [0.1, 0.15) is 17.9 Å². The molecule has 0 aromatic heterocycles. The van der Waals surface area contributed by atoms with Crippen LogP contribution in [-0.2, 0) is 14.3 Å². The Hall–Kier alpha value is -2.48. The standard InChI is InChI=1S/C16H17NO4/c1-3-20-16(18)12-8-14(10-17)21-15(9-12)11-4-6-13(19-2)7-5-11/h4-8,12,15H,3,9H2,1-2H3/t12-,15+/m1/s1. The zero-order valence-corrected chi connectivity index (χ0v) is 12.0. The molecule has 1 aromatic carbocycles. The van der Waals surface area contributed by atoms with E-state index in [0.29, 0.717) is 13.0 Å². The minimum Gasteiger partial charge on any atom is -0.497 e. The molecule has 0 spiro atoms. The lowest BCUT2D eigenvalue weighted by Gasteiger charge is -2.26. The lowest BCUT2D eigenvalue weighted by atomic mass is 9.93. The lowest BCUT2D eigenvalue weighted by molar-refractivity contribution is -0.148. The molecule has 0 saturated carbocycles. The average molecular weight is 287 g/mol. The number of allylic oxidation sites excluding steroid dienone is 1. The molecule has 1 heterocycles. The Labute approximate surface area is 123 Å². The third-order valence-electron chi connectivity index (χ3n) is 3.28. The van der Waals surface area contributed by atoms with E-state index < -0.39 is 5.92 Å². The van der Waals surface area contributed by atoms with Gasteiger partial charge in [0.15, 0.2) is 5.76 Å². The SMILES string of the molecule is CCOC(=O)[C@@H]1C=C(C#N)O[C@H](c2ccc(OC)cc2)C1. The molecule has 0 unspecified atom stereocenters. The summed E-state index contributed by atoms with van der Waals surface area (Å²) in [6, 6.07) is 9.34. The van der Waals surface area contributed by atoms with Gasteiger partial charge in [-0.1, -0.05) is 12.1 Å². The number of rotatable bonds is 4. The summed E-state index contributed by atoms with van der Waals surface area (Å²) in [4.78, 5) is 11.9. The van der Waals surface area contributed by atoms with E-state index in [4.69, 9.17) is 19.5 Å². The monoisotopic (exact) mass is 287 g/mol. The van der Waals surface area contributed by atoms with Crippen molar-refractivity contribution < 1.29 is 19.0 Å². The van der Waals surface area contributed by atoms with Gasteiger partial charge in [-0.15, -0.1) is 0 Å². The largest absolute Gasteiger partial charge is 0.497 e. The molecule has 5 nitrogen and oxygen atoms in total. The van der Waals surface area contributed by atoms with Crippen LogP contribution >= 0.6 is 0 Å². The number of benzene rings is 1. The molecule has 1 aliphatic rings. The topological polar surface area (TPSA) is 68.6 Å². The molecule has 0 N–H and O–H groups in total. The van der Waals surface area contributed by atoms with Crippen molar-refractivity contribution in [3.63, 3.8) is 0 Å². The van der Waals surface area contributed by atoms with Gasteiger partial charge in [0.2, 0.25) is 0 Å². The van der Waals surface area contributed by atoms with Gasteiger partial charge in [-0.2, -0.15) is 5.26 Å². The smallest absolute Gasteiger partial charge is 0.313 e. The number of nitrogens with zero attached hydrogens (tertiary/aromatic N) is 1. The van der Waals surface area contributed by atoms with Crippen LogP contribution in [0.4, 0.5) is 0 Å². The fourth-order valence-electron chi connectivity index (χ4n) is 2.22. The van der Waals surface area contributed by atoms with Crippen molar-refractivity contribution in [3.8, 4) is 11.8 Å². The number of ether oxygens (including phenoxy) is 3. The Bertz CT molecular complexity index is 571. The van der Waals surface area contributed by atoms with Gasteiger partial charge in [0.05, 0.1) is 19.6 Å². The first-order chi connectivity index (χ1) is 10.2. The van der Waals surface area contributed by atoms with E-state index in [2.05, 4.69) is 0 Å². The molecule has 0 saturated heterocycles. The minimum absolute atomic E-state index is 0.153. The van der Waals surface area contributed by atoms with Gasteiger partial charge in [-0.3, -0.25) is 4.79 Å². The summed E-state index contributed by atoms with van der Waals surface area (Å²) in [6.45, 7) is 2.08. The molecule has 21 heavy (non-hydrogen) atoms. The number of methoxy groups -OCH3 is 1. The van der Waals surface area contributed by atoms with Crippen LogP contribution in [0.1, 0.15) is 25.0 Å². The molecule has 110 valence electrons. The molecule has 1 aliphatic heterocycles. The van der Waals surface area contributed by atoms with Crippen molar-refractivity contribution in [1.82, 2.24) is 0 Å². The molecule has 5 heteroatoms. The fraction of sp³-hybridized carbons (Fsp3) is 0.375. The second-order valence-electron chi connectivity index (χ2n) is 4.62. The van der Waals surface area contributed by atoms with Gasteiger partial charge in [-0.25, -0.2) is 0 Å². The fourth-order valence-corrected chi connectivity index (χ4v) is 2.22. The van der Waals surface area contributed by atoms with Gasteiger partial charge in [0.25, 0.3) is 0 Å². The number of hydrogen-bond donors (Lipinski definition) is 0. The summed E-state index contributed by atoms with van der Waals surface area (Å²) < 4.78 is 15.7. The third kappa shape index (κ3) is 3.54. The summed E-state index contributed by atoms with van der Waals surface area (Å²) in [6.07, 6.45) is 1.64. The maximum Gasteiger partial charge on any atom is 0.313 e. The highest BCUT2D eigenvalue weighted by Gasteiger charge is 2.30. The Morgan fingerprint density at radius 1 is 1.43 bits per heavy atom. The highest BCUT2D eigenvalue weighted by molar-refractivity contribution is 5.75. The van der Waals surface area contributed by atoms with Crippen LogP contribution in [0.3, 0.4) is 0 Å². The summed E-state index contributed by atoms with van der Waals surface area (Å²) in [5.74, 6) is 0.111. The number of carbonyl (C=O) groups is 1. The van der Waals surface area contributed by atoms with E-state index in [9.17, 15) is 4.79 Å². The van der Waals surface area contributed by atoms with Gasteiger partial charge < -0.3 is 14.2 Å². The number of hydrogen-bond acceptors (Lipinski definition) is 5. The van der Waals surface area contributed by atoms with E-state index in [0.717, 1.165) is 11.3 Å². The van der Waals surface area contributed by atoms with E-state index in [-0.39, 0.29) is 17.8 Å². The predicted octanol–water partition coefficient (Wildman–Crippen LogP) is 2.74. The van der Waals surface area contributed by atoms with Gasteiger partial charge in [-0.05, 0) is 30.7 Å². The Kier molecular flexibility index (Phi) is 4.83. The van der Waals surface area contributed by atoms with Crippen LogP contribution in [0.2, 0.25) is 0 Å². The van der Waals surface area contributed by atoms with Crippen molar-refractivity contribution in [2.75, 3.05) is 13.7 Å². The lowest BCUT2D eigenvalue weighted by Crippen LogP contribution is -2.23. The zero-order chi connectivity index (χ0) is 15.2. The van der Waals surface area contributed by atoms with Crippen LogP contribution in [0.25, 0.3) is 0 Å². The number of carbonyl (C=O) groups excluding carboxylic acids is 1. The van der Waals surface area contributed by atoms with Crippen LogP contribution in [0.5, 0.6) is 5.75 Å². The molecule has 0 radical (unpaired) electrons. The summed E-state index contributed by atoms with van der Waals surface area (Å²) >= 11 is 0. The van der Waals surface area contributed by atoms with Crippen molar-refractivity contribution in [2.24, 2.45) is 5.92 Å². The first-order valence-electron chi connectivity index (χ1n) is 6.77. The molecule has 1 aromatic rings. The van der Waals surface area contributed by atoms with E-state index >= 15 is 0 Å². The van der Waals surface area contributed by atoms with E-state index in [1.165, 1.54) is 6.08 Å². The molecule has 2 rings (SSSR count). The minimum atomic E-state index is -0.458. The van der Waals surface area contributed by atoms with Crippen molar-refractivity contribution in [1.29, 1.82) is 5.26 Å². The number of nitriles is 1. The van der Waals surface area contributed by atoms with Gasteiger partial charge >= 0.3 is 5.97 Å². The van der Waals surface area contributed by atoms with E-state index in [1.54, 1.807) is 14.0 Å². The first-order valence-corrected chi connectivity index (χ1v) is 6.77. The third-order valence-corrected chi connectivity index (χ3v) is 3.28. The molecular weight excluding hydrogens is 270 g/mol. The maximum absolute atomic E-state index is 11.9. The Balaban J connectivity index is 2.19. The molecule has 0 bridgehead atoms. The molecule has 0 fully saturated rings. The van der Waals surface area contributed by atoms with E-state index in [1.807, 2.05) is 30.3 Å². The van der Waals surface area contributed by atoms with Crippen LogP contribution < -0.4 is 4.74 Å². The quantitative estimate of drug-likeness (QED) is 0.796. The van der Waals surface area contributed by atoms with Crippen LogP contribution in [0.15, 0.2) is 36.1 Å². The average Bonchev–Trinajstić information content (AvgIpc) is 2.54. The Morgan fingerprint density at radius 2 is 2.14 bits per heavy atom. The van der Waals surface area contributed by atoms with Gasteiger partial charge in [0, 0.05) is 6.42 Å². The molecular formula is C16H17NO4. The second kappa shape index (κ2) is 6.80. The summed E-state index contributed by atoms with van der Waals surface area (Å²) in [5, 5.41) is 9.05. The predicted molar refractivity (Wildman–Crippen MR) is 75.3 cm³/mol. The summed E-state index contributed by atoms with van der Waals surface area (Å²) in [5.41, 5.74) is 0.894. The van der Waals surface area contributed by atoms with Crippen LogP contribution in [0, 0.1) is 17.2 Å². The Morgan fingerprint density at radius 3 is 2.71 bits per heavy atom. The molecule has 0 amide bonds. The molecule has 2 atom stereocenters. The second-order valence-corrected chi connectivity index (χ2v) is 4.62. The molecule has 0 aliphatic carbocycles.